The van der Waals surface area contributed by atoms with Gasteiger partial charge in [0.15, 0.2) is 0 Å². The summed E-state index contributed by atoms with van der Waals surface area (Å²) in [4.78, 5) is 13.6. The van der Waals surface area contributed by atoms with E-state index in [1.165, 1.54) is 21.5 Å². The van der Waals surface area contributed by atoms with Gasteiger partial charge in [0.25, 0.3) is 0 Å². The minimum atomic E-state index is -3.02. The molecule has 4 nitrogen and oxygen atoms in total. The van der Waals surface area contributed by atoms with Crippen LogP contribution < -0.4 is 30.8 Å². The third-order valence-electron chi connectivity index (χ3n) is 10.8. The van der Waals surface area contributed by atoms with Crippen molar-refractivity contribution in [1.82, 2.24) is 0 Å². The number of halogens is 1. The molecule has 9 rings (SSSR count). The van der Waals surface area contributed by atoms with Crippen LogP contribution in [0.15, 0.2) is 203 Å². The molecule has 1 aromatic heterocycles. The molecule has 0 atom stereocenters. The minimum absolute atomic E-state index is 0.144. The summed E-state index contributed by atoms with van der Waals surface area (Å²) in [6.07, 6.45) is 2.80. The van der Waals surface area contributed by atoms with Gasteiger partial charge in [-0.3, -0.25) is 0 Å². The standard InChI is InChI=1S/C49H38BrO4P/c50-55(40-22-10-3-11-23-40,41-24-12-4-13-25-41,42-26-14-5-15-27-42)34-16-17-36-28-30-37(31-29-36)46-35-44(51)43-32-33-45-48(47(43)52-46)54-49(53-45,38-18-6-1-7-19-38)39-20-8-2-9-21-39/h1-15,18-33,35H,16-17,34H2. The van der Waals surface area contributed by atoms with E-state index in [0.29, 0.717) is 28.2 Å². The Morgan fingerprint density at radius 1 is 0.545 bits per heavy atom. The van der Waals surface area contributed by atoms with Crippen molar-refractivity contribution in [2.45, 2.75) is 18.6 Å². The SMILES string of the molecule is O=c1cc(-c2ccc(CCCP(Br)(c3ccccc3)(c3ccccc3)c3ccccc3)cc2)oc2c3c(ccc12)OC(c1ccccc1)(c1ccccc1)O3. The molecular formula is C49H38BrO4P. The fourth-order valence-electron chi connectivity index (χ4n) is 8.00. The summed E-state index contributed by atoms with van der Waals surface area (Å²) in [7, 11) is 0. The molecular weight excluding hydrogens is 763 g/mol. The van der Waals surface area contributed by atoms with Gasteiger partial charge in [-0.2, -0.15) is 0 Å². The Kier molecular flexibility index (Phi) is 9.01. The summed E-state index contributed by atoms with van der Waals surface area (Å²) >= 11 is 4.58. The van der Waals surface area contributed by atoms with Gasteiger partial charge >= 0.3 is 248 Å². The zero-order chi connectivity index (χ0) is 37.3. The Morgan fingerprint density at radius 3 is 1.55 bits per heavy atom. The van der Waals surface area contributed by atoms with E-state index < -0.39 is 11.1 Å². The van der Waals surface area contributed by atoms with Gasteiger partial charge in [-0.1, -0.05) is 60.7 Å². The van der Waals surface area contributed by atoms with Gasteiger partial charge in [0.1, 0.15) is 0 Å². The molecule has 7 aromatic carbocycles. The van der Waals surface area contributed by atoms with E-state index >= 15 is 0 Å². The Balaban J connectivity index is 1.03. The molecule has 0 N–H and O–H groups in total. The third kappa shape index (κ3) is 5.99. The fraction of sp³-hybridized carbons (Fsp3) is 0.0816. The molecule has 8 aromatic rings. The van der Waals surface area contributed by atoms with E-state index in [9.17, 15) is 4.79 Å². The van der Waals surface area contributed by atoms with Crippen LogP contribution in [0, 0.1) is 0 Å². The van der Waals surface area contributed by atoms with Crippen LogP contribution in [0.1, 0.15) is 23.1 Å². The summed E-state index contributed by atoms with van der Waals surface area (Å²) in [5.41, 5.74) is 3.92. The molecule has 270 valence electrons. The van der Waals surface area contributed by atoms with Crippen molar-refractivity contribution < 1.29 is 13.9 Å². The van der Waals surface area contributed by atoms with Gasteiger partial charge in [-0.05, 0) is 6.07 Å². The van der Waals surface area contributed by atoms with Gasteiger partial charge in [0.05, 0.1) is 0 Å². The number of ether oxygens (including phenoxy) is 2. The first-order valence-corrected chi connectivity index (χ1v) is 23.0. The van der Waals surface area contributed by atoms with Crippen LogP contribution >= 0.6 is 20.8 Å². The van der Waals surface area contributed by atoms with Crippen LogP contribution in [-0.4, -0.2) is 6.16 Å². The van der Waals surface area contributed by atoms with Crippen molar-refractivity contribution in [2.24, 2.45) is 0 Å². The zero-order valence-corrected chi connectivity index (χ0v) is 32.5. The van der Waals surface area contributed by atoms with E-state index in [1.54, 1.807) is 18.2 Å². The van der Waals surface area contributed by atoms with Crippen LogP contribution in [0.2, 0.25) is 0 Å². The molecule has 0 saturated carbocycles. The molecule has 1 aliphatic heterocycles. The molecule has 0 radical (unpaired) electrons. The zero-order valence-electron chi connectivity index (χ0n) is 30.1. The van der Waals surface area contributed by atoms with Crippen LogP contribution in [0.25, 0.3) is 22.3 Å². The normalized spacial score (nSPS) is 13.9. The summed E-state index contributed by atoms with van der Waals surface area (Å²) in [5, 5.41) is 1.37. The van der Waals surface area contributed by atoms with E-state index in [2.05, 4.69) is 119 Å². The topological polar surface area (TPSA) is 48.7 Å². The second-order valence-electron chi connectivity index (χ2n) is 14.0. The maximum atomic E-state index is 13.6. The summed E-state index contributed by atoms with van der Waals surface area (Å²) in [6.45, 7) is 0. The van der Waals surface area contributed by atoms with Gasteiger partial charge in [-0.15, -0.1) is 0 Å². The third-order valence-corrected chi connectivity index (χ3v) is 20.8. The van der Waals surface area contributed by atoms with Crippen molar-refractivity contribution in [3.8, 4) is 22.8 Å². The molecule has 0 aliphatic carbocycles. The Morgan fingerprint density at radius 2 is 1.04 bits per heavy atom. The average molecular weight is 802 g/mol. The monoisotopic (exact) mass is 800 g/mol. The van der Waals surface area contributed by atoms with Crippen molar-refractivity contribution in [2.75, 3.05) is 6.16 Å². The van der Waals surface area contributed by atoms with Crippen molar-refractivity contribution in [3.63, 3.8) is 0 Å². The second kappa shape index (κ2) is 14.2. The molecule has 0 saturated heterocycles. The Labute approximate surface area is 328 Å². The number of rotatable bonds is 10. The smallest absolute Gasteiger partial charge is 0.440 e. The first kappa shape index (κ1) is 35.0. The number of aryl methyl sites for hydroxylation is 1. The molecule has 1 aliphatic rings. The first-order valence-electron chi connectivity index (χ1n) is 18.6. The summed E-state index contributed by atoms with van der Waals surface area (Å²) < 4.78 is 20.0. The number of fused-ring (bicyclic) bond motifs is 3. The average Bonchev–Trinajstić information content (AvgIpc) is 3.67. The summed E-state index contributed by atoms with van der Waals surface area (Å²) in [5.74, 6) is 0.166. The maximum absolute atomic E-state index is 13.6. The number of hydrogen-bond acceptors (Lipinski definition) is 4. The second-order valence-corrected chi connectivity index (χ2v) is 23.1. The predicted octanol–water partition coefficient (Wildman–Crippen LogP) is 10.9. The van der Waals surface area contributed by atoms with Crippen molar-refractivity contribution >= 4 is 47.7 Å². The molecule has 2 heterocycles. The van der Waals surface area contributed by atoms with Crippen LogP contribution in [0.3, 0.4) is 0 Å². The predicted molar refractivity (Wildman–Crippen MR) is 230 cm³/mol. The van der Waals surface area contributed by atoms with Crippen molar-refractivity contribution in [1.29, 1.82) is 0 Å². The molecule has 55 heavy (non-hydrogen) atoms. The van der Waals surface area contributed by atoms with E-state index in [4.69, 9.17) is 13.9 Å². The van der Waals surface area contributed by atoms with E-state index in [0.717, 1.165) is 35.7 Å². The molecule has 0 spiro atoms. The molecule has 0 unspecified atom stereocenters. The quantitative estimate of drug-likeness (QED) is 0.129. The first-order chi connectivity index (χ1) is 27.0. The van der Waals surface area contributed by atoms with Crippen LogP contribution in [0.5, 0.6) is 11.5 Å². The molecule has 0 amide bonds. The van der Waals surface area contributed by atoms with Crippen LogP contribution in [-0.2, 0) is 12.2 Å². The molecule has 0 bridgehead atoms. The van der Waals surface area contributed by atoms with E-state index in [-0.39, 0.29) is 5.43 Å². The number of hydrogen-bond donors (Lipinski definition) is 0. The molecule has 0 fully saturated rings. The van der Waals surface area contributed by atoms with Gasteiger partial charge in [0.2, 0.25) is 0 Å². The molecule has 6 heteroatoms. The van der Waals surface area contributed by atoms with Gasteiger partial charge < -0.3 is 4.74 Å². The minimum Gasteiger partial charge on any atom is -0.440 e. The van der Waals surface area contributed by atoms with Crippen molar-refractivity contribution in [3.05, 3.63) is 221 Å². The Hall–Kier alpha value is -5.74. The van der Waals surface area contributed by atoms with Gasteiger partial charge in [0, 0.05) is 11.1 Å². The van der Waals surface area contributed by atoms with E-state index in [1.807, 2.05) is 72.8 Å². The van der Waals surface area contributed by atoms with Crippen LogP contribution in [0.4, 0.5) is 0 Å². The summed E-state index contributed by atoms with van der Waals surface area (Å²) in [6, 6.07) is 65.9. The fourth-order valence-corrected chi connectivity index (χ4v) is 15.7. The Bertz CT molecular complexity index is 2510. The van der Waals surface area contributed by atoms with Gasteiger partial charge in [-0.25, -0.2) is 0 Å². The number of benzene rings is 7.